The van der Waals surface area contributed by atoms with Crippen molar-refractivity contribution in [2.75, 3.05) is 18.4 Å². The first-order chi connectivity index (χ1) is 12.6. The van der Waals surface area contributed by atoms with Crippen molar-refractivity contribution >= 4 is 60.7 Å². The number of fused-ring (bicyclic) bond motifs is 1. The first-order valence-electron chi connectivity index (χ1n) is 8.62. The van der Waals surface area contributed by atoms with Crippen molar-refractivity contribution in [2.45, 2.75) is 24.9 Å². The average Bonchev–Trinajstić information content (AvgIpc) is 2.64. The zero-order chi connectivity index (χ0) is 18.1. The number of benzene rings is 2. The first-order valence-corrected chi connectivity index (χ1v) is 10.6. The predicted molar refractivity (Wildman–Crippen MR) is 116 cm³/mol. The Bertz CT molecular complexity index is 863. The number of rotatable bonds is 2. The van der Waals surface area contributed by atoms with Gasteiger partial charge in [-0.25, -0.2) is 4.99 Å². The predicted octanol–water partition coefficient (Wildman–Crippen LogP) is 5.23. The Kier molecular flexibility index (Phi) is 5.28. The van der Waals surface area contributed by atoms with Gasteiger partial charge < -0.3 is 16.0 Å². The van der Waals surface area contributed by atoms with Gasteiger partial charge in [0.25, 0.3) is 0 Å². The van der Waals surface area contributed by atoms with Gasteiger partial charge in [-0.05, 0) is 87.6 Å². The van der Waals surface area contributed by atoms with Crippen LogP contribution in [0.2, 0.25) is 5.02 Å². The molecule has 2 aromatic carbocycles. The summed E-state index contributed by atoms with van der Waals surface area (Å²) < 4.78 is 2.01. The molecule has 0 radical (unpaired) electrons. The lowest BCUT2D eigenvalue weighted by Crippen LogP contribution is -2.58. The third-order valence-corrected chi connectivity index (χ3v) is 6.46. The third kappa shape index (κ3) is 3.52. The molecule has 2 aliphatic heterocycles. The summed E-state index contributed by atoms with van der Waals surface area (Å²) in [6, 6.07) is 12.0. The molecule has 1 fully saturated rings. The molecule has 26 heavy (non-hydrogen) atoms. The lowest BCUT2D eigenvalue weighted by atomic mass is 9.85. The van der Waals surface area contributed by atoms with Crippen molar-refractivity contribution < 1.29 is 0 Å². The quantitative estimate of drug-likeness (QED) is 0.531. The van der Waals surface area contributed by atoms with Crippen LogP contribution in [0.15, 0.2) is 50.3 Å². The van der Waals surface area contributed by atoms with E-state index in [2.05, 4.69) is 53.9 Å². The van der Waals surface area contributed by atoms with E-state index in [9.17, 15) is 0 Å². The molecule has 1 spiro atoms. The van der Waals surface area contributed by atoms with Crippen molar-refractivity contribution in [2.24, 2.45) is 4.99 Å². The monoisotopic (exact) mass is 496 g/mol. The maximum absolute atomic E-state index is 6.12. The standard InChI is InChI=1S/C19H19Br2ClN4/c20-14-4-5-15(21)17-16(14)25-18(19(26-17)6-8-23-9-7-19)24-11-12-2-1-3-13(22)10-12/h1-5,10,23,26H,6-9,11H2,(H,24,25). The number of piperidine rings is 1. The van der Waals surface area contributed by atoms with Crippen LogP contribution in [0.25, 0.3) is 0 Å². The molecule has 4 rings (SSSR count). The second kappa shape index (κ2) is 7.50. The highest BCUT2D eigenvalue weighted by atomic mass is 79.9. The van der Waals surface area contributed by atoms with E-state index in [1.807, 2.05) is 30.3 Å². The van der Waals surface area contributed by atoms with E-state index in [0.29, 0.717) is 6.54 Å². The number of hydrogen-bond acceptors (Lipinski definition) is 4. The summed E-state index contributed by atoms with van der Waals surface area (Å²) in [5.41, 5.74) is 2.94. The van der Waals surface area contributed by atoms with E-state index in [0.717, 1.165) is 62.7 Å². The van der Waals surface area contributed by atoms with Crippen molar-refractivity contribution in [1.29, 1.82) is 0 Å². The number of nitrogens with one attached hydrogen (secondary N) is 3. The van der Waals surface area contributed by atoms with Gasteiger partial charge in [-0.1, -0.05) is 23.7 Å². The summed E-state index contributed by atoms with van der Waals surface area (Å²) in [5.74, 6) is 0.991. The molecule has 0 amide bonds. The van der Waals surface area contributed by atoms with E-state index in [-0.39, 0.29) is 5.54 Å². The number of hydrogen-bond donors (Lipinski definition) is 3. The van der Waals surface area contributed by atoms with Crippen LogP contribution in [0.3, 0.4) is 0 Å². The Labute approximate surface area is 175 Å². The zero-order valence-corrected chi connectivity index (χ0v) is 18.0. The van der Waals surface area contributed by atoms with Gasteiger partial charge in [0.2, 0.25) is 0 Å². The largest absolute Gasteiger partial charge is 0.370 e. The van der Waals surface area contributed by atoms with Gasteiger partial charge in [0, 0.05) is 20.5 Å². The molecule has 2 aromatic rings. The van der Waals surface area contributed by atoms with Crippen LogP contribution in [0, 0.1) is 0 Å². The number of aliphatic imine (C=N–C) groups is 1. The molecule has 7 heteroatoms. The normalized spacial score (nSPS) is 18.0. The van der Waals surface area contributed by atoms with Crippen LogP contribution in [0.1, 0.15) is 18.4 Å². The molecule has 1 saturated heterocycles. The van der Waals surface area contributed by atoms with Crippen LogP contribution in [0.4, 0.5) is 11.4 Å². The number of halogens is 3. The van der Waals surface area contributed by atoms with E-state index >= 15 is 0 Å². The van der Waals surface area contributed by atoms with Gasteiger partial charge in [-0.15, -0.1) is 0 Å². The summed E-state index contributed by atoms with van der Waals surface area (Å²) in [6.07, 6.45) is 1.96. The Morgan fingerprint density at radius 2 is 1.88 bits per heavy atom. The second-order valence-corrected chi connectivity index (χ2v) is 8.80. The fourth-order valence-corrected chi connectivity index (χ4v) is 4.59. The molecule has 0 bridgehead atoms. The minimum atomic E-state index is -0.180. The Morgan fingerprint density at radius 1 is 1.12 bits per heavy atom. The van der Waals surface area contributed by atoms with Crippen LogP contribution in [-0.2, 0) is 6.54 Å². The Hall–Kier alpha value is -1.08. The minimum absolute atomic E-state index is 0.180. The Balaban J connectivity index is 1.70. The summed E-state index contributed by atoms with van der Waals surface area (Å²) in [7, 11) is 0. The number of amidine groups is 1. The summed E-state index contributed by atoms with van der Waals surface area (Å²) in [4.78, 5) is 5.03. The summed E-state index contributed by atoms with van der Waals surface area (Å²) in [6.45, 7) is 2.62. The van der Waals surface area contributed by atoms with Crippen LogP contribution < -0.4 is 16.0 Å². The molecule has 0 atom stereocenters. The smallest absolute Gasteiger partial charge is 0.129 e. The van der Waals surface area contributed by atoms with E-state index in [4.69, 9.17) is 16.6 Å². The maximum Gasteiger partial charge on any atom is 0.129 e. The highest BCUT2D eigenvalue weighted by Gasteiger charge is 2.41. The van der Waals surface area contributed by atoms with Gasteiger partial charge in [0.05, 0.1) is 11.2 Å². The number of nitrogens with zero attached hydrogens (tertiary/aromatic N) is 1. The third-order valence-electron chi connectivity index (χ3n) is 4.93. The van der Waals surface area contributed by atoms with Crippen molar-refractivity contribution in [3.05, 3.63) is 55.9 Å². The topological polar surface area (TPSA) is 48.5 Å². The molecule has 2 aliphatic rings. The minimum Gasteiger partial charge on any atom is -0.370 e. The van der Waals surface area contributed by atoms with Crippen LogP contribution >= 0.6 is 43.5 Å². The molecule has 0 saturated carbocycles. The van der Waals surface area contributed by atoms with Gasteiger partial charge in [-0.3, -0.25) is 0 Å². The van der Waals surface area contributed by atoms with Crippen molar-refractivity contribution in [3.63, 3.8) is 0 Å². The van der Waals surface area contributed by atoms with Gasteiger partial charge in [0.15, 0.2) is 0 Å². The zero-order valence-electron chi connectivity index (χ0n) is 14.1. The molecule has 0 aliphatic carbocycles. The molecule has 0 unspecified atom stereocenters. The lowest BCUT2D eigenvalue weighted by Gasteiger charge is -2.43. The summed E-state index contributed by atoms with van der Waals surface area (Å²) >= 11 is 13.4. The Morgan fingerprint density at radius 3 is 2.65 bits per heavy atom. The molecule has 3 N–H and O–H groups in total. The first kappa shape index (κ1) is 18.3. The average molecular weight is 499 g/mol. The molecular weight excluding hydrogens is 479 g/mol. The highest BCUT2D eigenvalue weighted by molar-refractivity contribution is 9.11. The van der Waals surface area contributed by atoms with Crippen molar-refractivity contribution in [3.8, 4) is 0 Å². The number of anilines is 1. The molecule has 4 nitrogen and oxygen atoms in total. The SMILES string of the molecule is Clc1cccc(CNC2=Nc3c(Br)ccc(Br)c3NC23CCNCC3)c1. The highest BCUT2D eigenvalue weighted by Crippen LogP contribution is 2.45. The lowest BCUT2D eigenvalue weighted by molar-refractivity contribution is 0.412. The van der Waals surface area contributed by atoms with Crippen LogP contribution in [0.5, 0.6) is 0 Å². The fourth-order valence-electron chi connectivity index (χ4n) is 3.54. The van der Waals surface area contributed by atoms with Gasteiger partial charge >= 0.3 is 0 Å². The van der Waals surface area contributed by atoms with Crippen molar-refractivity contribution in [1.82, 2.24) is 10.6 Å². The van der Waals surface area contributed by atoms with E-state index in [1.54, 1.807) is 0 Å². The molecule has 0 aromatic heterocycles. The van der Waals surface area contributed by atoms with Gasteiger partial charge in [-0.2, -0.15) is 0 Å². The maximum atomic E-state index is 6.12. The molecular formula is C19H19Br2ClN4. The summed E-state index contributed by atoms with van der Waals surface area (Å²) in [5, 5.41) is 11.6. The fraction of sp³-hybridized carbons (Fsp3) is 0.316. The van der Waals surface area contributed by atoms with Crippen LogP contribution in [-0.4, -0.2) is 24.5 Å². The van der Waals surface area contributed by atoms with Gasteiger partial charge in [0.1, 0.15) is 11.5 Å². The molecule has 136 valence electrons. The molecule has 2 heterocycles. The van der Waals surface area contributed by atoms with E-state index < -0.39 is 0 Å². The second-order valence-electron chi connectivity index (χ2n) is 6.65. The van der Waals surface area contributed by atoms with E-state index in [1.165, 1.54) is 0 Å².